The number of piperidine rings is 1. The SMILES string of the molecule is CCCCCCC(C)NC(=NCCCN1CCC(O)CC1)NCC.I. The van der Waals surface area contributed by atoms with Crippen molar-refractivity contribution in [2.75, 3.05) is 32.7 Å². The van der Waals surface area contributed by atoms with Crippen LogP contribution in [0, 0.1) is 0 Å². The lowest BCUT2D eigenvalue weighted by Crippen LogP contribution is -2.42. The first-order chi connectivity index (χ1) is 11.7. The zero-order valence-electron chi connectivity index (χ0n) is 16.6. The first-order valence-corrected chi connectivity index (χ1v) is 10.1. The molecule has 5 nitrogen and oxygen atoms in total. The first-order valence-electron chi connectivity index (χ1n) is 10.1. The van der Waals surface area contributed by atoms with Gasteiger partial charge in [0.05, 0.1) is 6.10 Å². The third kappa shape index (κ3) is 12.8. The number of halogens is 1. The quantitative estimate of drug-likeness (QED) is 0.188. The monoisotopic (exact) mass is 468 g/mol. The Kier molecular flexibility index (Phi) is 16.1. The predicted molar refractivity (Wildman–Crippen MR) is 119 cm³/mol. The van der Waals surface area contributed by atoms with E-state index in [4.69, 9.17) is 4.99 Å². The minimum atomic E-state index is -0.0809. The van der Waals surface area contributed by atoms with Gasteiger partial charge in [0.15, 0.2) is 5.96 Å². The Morgan fingerprint density at radius 3 is 2.52 bits per heavy atom. The van der Waals surface area contributed by atoms with E-state index in [-0.39, 0.29) is 30.1 Å². The zero-order chi connectivity index (χ0) is 17.6. The van der Waals surface area contributed by atoms with Crippen molar-refractivity contribution >= 4 is 29.9 Å². The molecule has 1 saturated heterocycles. The molecule has 1 unspecified atom stereocenters. The number of guanidine groups is 1. The normalized spacial score (nSPS) is 17.8. The van der Waals surface area contributed by atoms with Gasteiger partial charge in [0.2, 0.25) is 0 Å². The number of hydrogen-bond donors (Lipinski definition) is 3. The van der Waals surface area contributed by atoms with Crippen molar-refractivity contribution in [2.24, 2.45) is 4.99 Å². The lowest BCUT2D eigenvalue weighted by Gasteiger charge is -2.29. The van der Waals surface area contributed by atoms with Crippen LogP contribution in [-0.2, 0) is 0 Å². The molecule has 1 aliphatic heterocycles. The van der Waals surface area contributed by atoms with Crippen LogP contribution in [0.15, 0.2) is 4.99 Å². The molecule has 0 aliphatic carbocycles. The number of nitrogens with one attached hydrogen (secondary N) is 2. The highest BCUT2D eigenvalue weighted by Gasteiger charge is 2.15. The Morgan fingerprint density at radius 2 is 1.88 bits per heavy atom. The molecule has 6 heteroatoms. The van der Waals surface area contributed by atoms with Gasteiger partial charge < -0.3 is 20.6 Å². The van der Waals surface area contributed by atoms with Gasteiger partial charge in [-0.05, 0) is 46.1 Å². The molecule has 0 spiro atoms. The highest BCUT2D eigenvalue weighted by Crippen LogP contribution is 2.10. The van der Waals surface area contributed by atoms with Crippen molar-refractivity contribution in [3.63, 3.8) is 0 Å². The average molecular weight is 468 g/mol. The number of rotatable bonds is 11. The van der Waals surface area contributed by atoms with E-state index in [0.29, 0.717) is 6.04 Å². The fourth-order valence-corrected chi connectivity index (χ4v) is 3.13. The molecule has 1 fully saturated rings. The Morgan fingerprint density at radius 1 is 1.16 bits per heavy atom. The third-order valence-corrected chi connectivity index (χ3v) is 4.68. The fraction of sp³-hybridized carbons (Fsp3) is 0.947. The molecule has 150 valence electrons. The van der Waals surface area contributed by atoms with E-state index in [1.54, 1.807) is 0 Å². The molecule has 1 atom stereocenters. The van der Waals surface area contributed by atoms with Gasteiger partial charge in [0, 0.05) is 32.2 Å². The minimum Gasteiger partial charge on any atom is -0.393 e. The number of hydrogen-bond acceptors (Lipinski definition) is 3. The molecule has 3 N–H and O–H groups in total. The summed E-state index contributed by atoms with van der Waals surface area (Å²) in [4.78, 5) is 7.16. The van der Waals surface area contributed by atoms with Crippen LogP contribution in [0.25, 0.3) is 0 Å². The van der Waals surface area contributed by atoms with Gasteiger partial charge in [-0.1, -0.05) is 32.6 Å². The van der Waals surface area contributed by atoms with Crippen LogP contribution in [0.3, 0.4) is 0 Å². The summed E-state index contributed by atoms with van der Waals surface area (Å²) < 4.78 is 0. The van der Waals surface area contributed by atoms with E-state index in [2.05, 4.69) is 36.3 Å². The topological polar surface area (TPSA) is 59.9 Å². The van der Waals surface area contributed by atoms with Gasteiger partial charge in [0.1, 0.15) is 0 Å². The highest BCUT2D eigenvalue weighted by molar-refractivity contribution is 14.0. The predicted octanol–water partition coefficient (Wildman–Crippen LogP) is 3.37. The molecule has 0 amide bonds. The lowest BCUT2D eigenvalue weighted by molar-refractivity contribution is 0.0824. The molecule has 0 radical (unpaired) electrons. The number of nitrogens with zero attached hydrogens (tertiary/aromatic N) is 2. The molecule has 1 heterocycles. The third-order valence-electron chi connectivity index (χ3n) is 4.68. The van der Waals surface area contributed by atoms with E-state index in [1.165, 1.54) is 32.1 Å². The molecule has 0 aromatic carbocycles. The number of aliphatic imine (C=N–C) groups is 1. The maximum Gasteiger partial charge on any atom is 0.191 e. The summed E-state index contributed by atoms with van der Waals surface area (Å²) in [6, 6.07) is 0.475. The van der Waals surface area contributed by atoms with Crippen LogP contribution < -0.4 is 10.6 Å². The Bertz CT molecular complexity index is 333. The summed E-state index contributed by atoms with van der Waals surface area (Å²) in [6.45, 7) is 11.5. The first kappa shape index (κ1) is 24.9. The summed E-state index contributed by atoms with van der Waals surface area (Å²) in [6.07, 6.45) is 9.31. The van der Waals surface area contributed by atoms with Gasteiger partial charge in [-0.15, -0.1) is 24.0 Å². The van der Waals surface area contributed by atoms with Crippen molar-refractivity contribution in [3.8, 4) is 0 Å². The highest BCUT2D eigenvalue weighted by atomic mass is 127. The summed E-state index contributed by atoms with van der Waals surface area (Å²) in [5.41, 5.74) is 0. The summed E-state index contributed by atoms with van der Waals surface area (Å²) >= 11 is 0. The fourth-order valence-electron chi connectivity index (χ4n) is 3.13. The summed E-state index contributed by atoms with van der Waals surface area (Å²) in [7, 11) is 0. The van der Waals surface area contributed by atoms with E-state index >= 15 is 0 Å². The molecule has 25 heavy (non-hydrogen) atoms. The molecule has 0 saturated carbocycles. The van der Waals surface area contributed by atoms with Crippen molar-refractivity contribution < 1.29 is 5.11 Å². The molecular weight excluding hydrogens is 427 g/mol. The maximum absolute atomic E-state index is 9.54. The van der Waals surface area contributed by atoms with Crippen LogP contribution in [0.5, 0.6) is 0 Å². The van der Waals surface area contributed by atoms with E-state index < -0.39 is 0 Å². The molecular formula is C19H41IN4O. The Labute approximate surface area is 172 Å². The van der Waals surface area contributed by atoms with Crippen molar-refractivity contribution in [1.29, 1.82) is 0 Å². The largest absolute Gasteiger partial charge is 0.393 e. The number of aliphatic hydroxyl groups excluding tert-OH is 1. The Balaban J connectivity index is 0.00000576. The van der Waals surface area contributed by atoms with Crippen LogP contribution in [0.1, 0.15) is 72.1 Å². The molecule has 0 aromatic heterocycles. The zero-order valence-corrected chi connectivity index (χ0v) is 18.9. The molecule has 0 bridgehead atoms. The second kappa shape index (κ2) is 16.1. The molecule has 1 rings (SSSR count). The molecule has 0 aromatic rings. The Hall–Kier alpha value is -0.0800. The average Bonchev–Trinajstić information content (AvgIpc) is 2.57. The van der Waals surface area contributed by atoms with E-state index in [0.717, 1.165) is 57.9 Å². The maximum atomic E-state index is 9.54. The number of unbranched alkanes of at least 4 members (excludes halogenated alkanes) is 3. The number of likely N-dealkylation sites (tertiary alicyclic amines) is 1. The van der Waals surface area contributed by atoms with Gasteiger partial charge in [0.25, 0.3) is 0 Å². The lowest BCUT2D eigenvalue weighted by atomic mass is 10.1. The van der Waals surface area contributed by atoms with Crippen LogP contribution in [0.4, 0.5) is 0 Å². The van der Waals surface area contributed by atoms with Gasteiger partial charge >= 0.3 is 0 Å². The van der Waals surface area contributed by atoms with E-state index in [1.807, 2.05) is 0 Å². The van der Waals surface area contributed by atoms with Crippen molar-refractivity contribution in [1.82, 2.24) is 15.5 Å². The summed E-state index contributed by atoms with van der Waals surface area (Å²) in [5, 5.41) is 16.4. The van der Waals surface area contributed by atoms with Crippen LogP contribution >= 0.6 is 24.0 Å². The second-order valence-corrected chi connectivity index (χ2v) is 7.08. The minimum absolute atomic E-state index is 0. The molecule has 1 aliphatic rings. The number of aliphatic hydroxyl groups is 1. The van der Waals surface area contributed by atoms with Crippen LogP contribution in [0.2, 0.25) is 0 Å². The van der Waals surface area contributed by atoms with Crippen LogP contribution in [-0.4, -0.2) is 60.8 Å². The van der Waals surface area contributed by atoms with Crippen molar-refractivity contribution in [2.45, 2.75) is 84.3 Å². The van der Waals surface area contributed by atoms with Gasteiger partial charge in [-0.3, -0.25) is 4.99 Å². The standard InChI is InChI=1S/C19H40N4O.HI/c1-4-6-7-8-10-17(3)22-19(20-5-2)21-13-9-14-23-15-11-18(24)12-16-23;/h17-18,24H,4-16H2,1-3H3,(H2,20,21,22);1H. The van der Waals surface area contributed by atoms with Gasteiger partial charge in [-0.25, -0.2) is 0 Å². The van der Waals surface area contributed by atoms with Gasteiger partial charge in [-0.2, -0.15) is 0 Å². The summed E-state index contributed by atoms with van der Waals surface area (Å²) in [5.74, 6) is 0.953. The van der Waals surface area contributed by atoms with Crippen molar-refractivity contribution in [3.05, 3.63) is 0 Å². The smallest absolute Gasteiger partial charge is 0.191 e. The van der Waals surface area contributed by atoms with E-state index in [9.17, 15) is 5.11 Å². The second-order valence-electron chi connectivity index (χ2n) is 7.08.